The Morgan fingerprint density at radius 2 is 1.33 bits per heavy atom. The standard InChI is InChI=1S/C17H19I/c1-17(18,14-16-10-6-3-7-11-16)13-12-15-8-4-2-5-9-15/h2-11H,12-14H2,1H3. The van der Waals surface area contributed by atoms with Gasteiger partial charge in [0.25, 0.3) is 0 Å². The maximum absolute atomic E-state index is 2.61. The zero-order chi connectivity index (χ0) is 12.8. The second-order valence-electron chi connectivity index (χ2n) is 5.06. The summed E-state index contributed by atoms with van der Waals surface area (Å²) in [7, 11) is 0. The van der Waals surface area contributed by atoms with Crippen molar-refractivity contribution >= 4 is 22.6 Å². The van der Waals surface area contributed by atoms with Gasteiger partial charge < -0.3 is 0 Å². The van der Waals surface area contributed by atoms with Gasteiger partial charge in [-0.15, -0.1) is 0 Å². The van der Waals surface area contributed by atoms with Crippen LogP contribution in [0.4, 0.5) is 0 Å². The van der Waals surface area contributed by atoms with E-state index in [1.54, 1.807) is 0 Å². The van der Waals surface area contributed by atoms with Crippen molar-refractivity contribution in [3.63, 3.8) is 0 Å². The third kappa shape index (κ3) is 4.45. The van der Waals surface area contributed by atoms with Crippen LogP contribution in [-0.2, 0) is 12.8 Å². The van der Waals surface area contributed by atoms with Crippen molar-refractivity contribution in [2.24, 2.45) is 0 Å². The van der Waals surface area contributed by atoms with Crippen molar-refractivity contribution in [1.82, 2.24) is 0 Å². The summed E-state index contributed by atoms with van der Waals surface area (Å²) in [5, 5.41) is 0. The second-order valence-corrected chi connectivity index (χ2v) is 7.67. The Kier molecular flexibility index (Phi) is 4.81. The monoisotopic (exact) mass is 350 g/mol. The summed E-state index contributed by atoms with van der Waals surface area (Å²) in [6.07, 6.45) is 3.51. The molecule has 0 spiro atoms. The topological polar surface area (TPSA) is 0 Å². The lowest BCUT2D eigenvalue weighted by atomic mass is 9.94. The highest BCUT2D eigenvalue weighted by atomic mass is 127. The van der Waals surface area contributed by atoms with Gasteiger partial charge in [-0.3, -0.25) is 0 Å². The first-order chi connectivity index (χ1) is 8.66. The molecule has 1 heteroatoms. The minimum atomic E-state index is 0.328. The predicted molar refractivity (Wildman–Crippen MR) is 87.3 cm³/mol. The van der Waals surface area contributed by atoms with Gasteiger partial charge in [-0.1, -0.05) is 90.2 Å². The highest BCUT2D eigenvalue weighted by Crippen LogP contribution is 2.29. The van der Waals surface area contributed by atoms with Crippen LogP contribution >= 0.6 is 22.6 Å². The molecule has 0 bridgehead atoms. The zero-order valence-electron chi connectivity index (χ0n) is 10.8. The Morgan fingerprint density at radius 1 is 0.833 bits per heavy atom. The van der Waals surface area contributed by atoms with E-state index in [0.717, 1.165) is 12.8 Å². The molecule has 0 N–H and O–H groups in total. The van der Waals surface area contributed by atoms with Crippen LogP contribution in [0.2, 0.25) is 0 Å². The van der Waals surface area contributed by atoms with E-state index < -0.39 is 0 Å². The largest absolute Gasteiger partial charge is 0.0788 e. The molecular weight excluding hydrogens is 331 g/mol. The molecule has 0 saturated carbocycles. The summed E-state index contributed by atoms with van der Waals surface area (Å²) in [6.45, 7) is 2.35. The SMILES string of the molecule is CC(I)(CCc1ccccc1)Cc1ccccc1. The Balaban J connectivity index is 1.91. The molecule has 0 aliphatic rings. The number of hydrogen-bond donors (Lipinski definition) is 0. The molecule has 2 aromatic rings. The van der Waals surface area contributed by atoms with Crippen LogP contribution < -0.4 is 0 Å². The quantitative estimate of drug-likeness (QED) is 0.523. The van der Waals surface area contributed by atoms with E-state index in [-0.39, 0.29) is 0 Å². The molecule has 0 amide bonds. The third-order valence-electron chi connectivity index (χ3n) is 3.19. The Labute approximate surface area is 124 Å². The molecule has 1 atom stereocenters. The van der Waals surface area contributed by atoms with Gasteiger partial charge >= 0.3 is 0 Å². The summed E-state index contributed by atoms with van der Waals surface area (Å²) in [5.74, 6) is 0. The maximum atomic E-state index is 2.61. The summed E-state index contributed by atoms with van der Waals surface area (Å²) < 4.78 is 0.328. The first kappa shape index (κ1) is 13.6. The van der Waals surface area contributed by atoms with Crippen molar-refractivity contribution in [2.45, 2.75) is 29.6 Å². The summed E-state index contributed by atoms with van der Waals surface area (Å²) in [6, 6.07) is 21.5. The molecule has 0 aromatic heterocycles. The second kappa shape index (κ2) is 6.37. The van der Waals surface area contributed by atoms with Crippen LogP contribution in [0.3, 0.4) is 0 Å². The highest BCUT2D eigenvalue weighted by molar-refractivity contribution is 14.1. The van der Waals surface area contributed by atoms with E-state index in [2.05, 4.69) is 90.2 Å². The van der Waals surface area contributed by atoms with Gasteiger partial charge in [0.1, 0.15) is 0 Å². The van der Waals surface area contributed by atoms with E-state index in [1.165, 1.54) is 17.5 Å². The van der Waals surface area contributed by atoms with Gasteiger partial charge in [-0.25, -0.2) is 0 Å². The zero-order valence-corrected chi connectivity index (χ0v) is 12.9. The third-order valence-corrected chi connectivity index (χ3v) is 4.11. The van der Waals surface area contributed by atoms with Gasteiger partial charge in [-0.2, -0.15) is 0 Å². The van der Waals surface area contributed by atoms with Gasteiger partial charge in [0.2, 0.25) is 0 Å². The average molecular weight is 350 g/mol. The minimum absolute atomic E-state index is 0.328. The van der Waals surface area contributed by atoms with Crippen molar-refractivity contribution in [1.29, 1.82) is 0 Å². The fraction of sp³-hybridized carbons (Fsp3) is 0.294. The lowest BCUT2D eigenvalue weighted by molar-refractivity contribution is 0.611. The molecule has 2 rings (SSSR count). The number of aryl methyl sites for hydroxylation is 1. The van der Waals surface area contributed by atoms with E-state index >= 15 is 0 Å². The van der Waals surface area contributed by atoms with Crippen molar-refractivity contribution in [3.05, 3.63) is 71.8 Å². The predicted octanol–water partition coefficient (Wildman–Crippen LogP) is 5.06. The van der Waals surface area contributed by atoms with Gasteiger partial charge in [0.05, 0.1) is 0 Å². The molecule has 0 saturated heterocycles. The number of halogens is 1. The van der Waals surface area contributed by atoms with E-state index in [1.807, 2.05) is 0 Å². The van der Waals surface area contributed by atoms with E-state index in [4.69, 9.17) is 0 Å². The van der Waals surface area contributed by atoms with Crippen LogP contribution in [0.1, 0.15) is 24.5 Å². The van der Waals surface area contributed by atoms with Crippen molar-refractivity contribution < 1.29 is 0 Å². The number of rotatable bonds is 5. The van der Waals surface area contributed by atoms with E-state index in [9.17, 15) is 0 Å². The molecule has 0 nitrogen and oxygen atoms in total. The van der Waals surface area contributed by atoms with Crippen LogP contribution in [0, 0.1) is 0 Å². The lowest BCUT2D eigenvalue weighted by Gasteiger charge is -2.22. The van der Waals surface area contributed by atoms with Gasteiger partial charge in [0.15, 0.2) is 0 Å². The minimum Gasteiger partial charge on any atom is -0.0788 e. The van der Waals surface area contributed by atoms with Crippen molar-refractivity contribution in [3.8, 4) is 0 Å². The molecule has 0 fully saturated rings. The fourth-order valence-electron chi connectivity index (χ4n) is 2.16. The maximum Gasteiger partial charge on any atom is 0.0237 e. The van der Waals surface area contributed by atoms with Gasteiger partial charge in [-0.05, 0) is 30.4 Å². The molecule has 1 unspecified atom stereocenters. The van der Waals surface area contributed by atoms with Gasteiger partial charge in [0, 0.05) is 3.42 Å². The lowest BCUT2D eigenvalue weighted by Crippen LogP contribution is -2.19. The summed E-state index contributed by atoms with van der Waals surface area (Å²) >= 11 is 2.61. The Morgan fingerprint density at radius 3 is 1.89 bits per heavy atom. The van der Waals surface area contributed by atoms with Crippen LogP contribution in [0.15, 0.2) is 60.7 Å². The molecule has 18 heavy (non-hydrogen) atoms. The summed E-state index contributed by atoms with van der Waals surface area (Å²) in [4.78, 5) is 0. The molecule has 2 aromatic carbocycles. The smallest absolute Gasteiger partial charge is 0.0237 e. The van der Waals surface area contributed by atoms with Crippen LogP contribution in [0.5, 0.6) is 0 Å². The molecule has 0 heterocycles. The first-order valence-corrected chi connectivity index (χ1v) is 7.50. The van der Waals surface area contributed by atoms with Crippen molar-refractivity contribution in [2.75, 3.05) is 0 Å². The normalized spacial score (nSPS) is 14.1. The molecule has 0 aliphatic carbocycles. The summed E-state index contributed by atoms with van der Waals surface area (Å²) in [5.41, 5.74) is 2.87. The first-order valence-electron chi connectivity index (χ1n) is 6.42. The average Bonchev–Trinajstić information content (AvgIpc) is 2.38. The molecular formula is C17H19I. The Hall–Kier alpha value is -0.830. The van der Waals surface area contributed by atoms with E-state index in [0.29, 0.717) is 3.42 Å². The highest BCUT2D eigenvalue weighted by Gasteiger charge is 2.20. The molecule has 0 aliphatic heterocycles. The molecule has 94 valence electrons. The van der Waals surface area contributed by atoms with Crippen LogP contribution in [0.25, 0.3) is 0 Å². The Bertz CT molecular complexity index is 459. The molecule has 0 radical (unpaired) electrons. The number of hydrogen-bond acceptors (Lipinski definition) is 0. The fourth-order valence-corrected chi connectivity index (χ4v) is 2.87. The number of alkyl halides is 1. The number of benzene rings is 2. The van der Waals surface area contributed by atoms with Crippen LogP contribution in [-0.4, -0.2) is 3.42 Å².